The van der Waals surface area contributed by atoms with Crippen LogP contribution in [0.3, 0.4) is 0 Å². The summed E-state index contributed by atoms with van der Waals surface area (Å²) in [6, 6.07) is 14.4. The van der Waals surface area contributed by atoms with E-state index in [9.17, 15) is 4.79 Å². The SMILES string of the molecule is C=C(C)C(=O)OCCCCCCc1ccc(C)cc1-n1nc2ccccc2n1. The molecule has 0 aliphatic heterocycles. The van der Waals surface area contributed by atoms with E-state index in [1.165, 1.54) is 11.1 Å². The van der Waals surface area contributed by atoms with Crippen LogP contribution in [0.4, 0.5) is 0 Å². The van der Waals surface area contributed by atoms with Crippen molar-refractivity contribution in [3.8, 4) is 5.69 Å². The maximum Gasteiger partial charge on any atom is 0.333 e. The highest BCUT2D eigenvalue weighted by molar-refractivity contribution is 5.86. The van der Waals surface area contributed by atoms with E-state index >= 15 is 0 Å². The van der Waals surface area contributed by atoms with Crippen molar-refractivity contribution >= 4 is 17.0 Å². The second-order valence-corrected chi connectivity index (χ2v) is 7.19. The summed E-state index contributed by atoms with van der Waals surface area (Å²) in [6.07, 6.45) is 5.05. The van der Waals surface area contributed by atoms with Gasteiger partial charge in [0.25, 0.3) is 0 Å². The minimum Gasteiger partial charge on any atom is -0.462 e. The van der Waals surface area contributed by atoms with Crippen LogP contribution in [0.25, 0.3) is 16.7 Å². The monoisotopic (exact) mass is 377 g/mol. The van der Waals surface area contributed by atoms with E-state index in [0.717, 1.165) is 48.8 Å². The summed E-state index contributed by atoms with van der Waals surface area (Å²) in [4.78, 5) is 13.1. The maximum atomic E-state index is 11.3. The average molecular weight is 377 g/mol. The molecule has 1 aromatic heterocycles. The number of rotatable bonds is 9. The molecule has 0 amide bonds. The van der Waals surface area contributed by atoms with Gasteiger partial charge in [-0.1, -0.05) is 43.7 Å². The largest absolute Gasteiger partial charge is 0.462 e. The van der Waals surface area contributed by atoms with Gasteiger partial charge < -0.3 is 4.74 Å². The molecule has 3 aromatic rings. The van der Waals surface area contributed by atoms with Crippen molar-refractivity contribution in [2.24, 2.45) is 0 Å². The molecule has 5 nitrogen and oxygen atoms in total. The third-order valence-corrected chi connectivity index (χ3v) is 4.66. The smallest absolute Gasteiger partial charge is 0.333 e. The molecule has 28 heavy (non-hydrogen) atoms. The molecule has 0 atom stereocenters. The molecule has 0 saturated carbocycles. The number of esters is 1. The Kier molecular flexibility index (Phi) is 6.58. The Bertz CT molecular complexity index is 942. The van der Waals surface area contributed by atoms with Gasteiger partial charge in [-0.3, -0.25) is 0 Å². The fraction of sp³-hybridized carbons (Fsp3) is 0.348. The molecule has 0 spiro atoms. The highest BCUT2D eigenvalue weighted by Gasteiger charge is 2.09. The van der Waals surface area contributed by atoms with Gasteiger partial charge in [0.15, 0.2) is 0 Å². The van der Waals surface area contributed by atoms with Crippen LogP contribution in [0.1, 0.15) is 43.7 Å². The van der Waals surface area contributed by atoms with E-state index in [1.54, 1.807) is 11.7 Å². The Morgan fingerprint density at radius 2 is 1.71 bits per heavy atom. The highest BCUT2D eigenvalue weighted by atomic mass is 16.5. The highest BCUT2D eigenvalue weighted by Crippen LogP contribution is 2.20. The molecule has 0 radical (unpaired) electrons. The van der Waals surface area contributed by atoms with Gasteiger partial charge in [-0.05, 0) is 62.4 Å². The Morgan fingerprint density at radius 1 is 1.04 bits per heavy atom. The fourth-order valence-corrected chi connectivity index (χ4v) is 3.10. The van der Waals surface area contributed by atoms with Crippen molar-refractivity contribution in [2.75, 3.05) is 6.61 Å². The van der Waals surface area contributed by atoms with E-state index in [1.807, 2.05) is 24.3 Å². The number of benzene rings is 2. The molecule has 0 fully saturated rings. The molecule has 2 aromatic carbocycles. The van der Waals surface area contributed by atoms with E-state index in [0.29, 0.717) is 12.2 Å². The fourth-order valence-electron chi connectivity index (χ4n) is 3.10. The molecule has 0 N–H and O–H groups in total. The van der Waals surface area contributed by atoms with Crippen LogP contribution in [0.15, 0.2) is 54.6 Å². The number of aromatic nitrogens is 3. The lowest BCUT2D eigenvalue weighted by Crippen LogP contribution is -2.06. The summed E-state index contributed by atoms with van der Waals surface area (Å²) in [5, 5.41) is 9.27. The van der Waals surface area contributed by atoms with E-state index in [2.05, 4.69) is 41.9 Å². The maximum absolute atomic E-state index is 11.3. The van der Waals surface area contributed by atoms with Crippen LogP contribution >= 0.6 is 0 Å². The predicted molar refractivity (Wildman–Crippen MR) is 112 cm³/mol. The number of ether oxygens (including phenoxy) is 1. The second-order valence-electron chi connectivity index (χ2n) is 7.19. The molecule has 0 unspecified atom stereocenters. The van der Waals surface area contributed by atoms with Crippen LogP contribution in [0, 0.1) is 6.92 Å². The summed E-state index contributed by atoms with van der Waals surface area (Å²) in [5.74, 6) is -0.302. The molecule has 0 aliphatic rings. The lowest BCUT2D eigenvalue weighted by atomic mass is 10.0. The first kappa shape index (κ1) is 19.8. The van der Waals surface area contributed by atoms with Crippen molar-refractivity contribution < 1.29 is 9.53 Å². The lowest BCUT2D eigenvalue weighted by molar-refractivity contribution is -0.139. The Hall–Kier alpha value is -2.95. The van der Waals surface area contributed by atoms with Gasteiger partial charge in [0, 0.05) is 5.57 Å². The van der Waals surface area contributed by atoms with Crippen LogP contribution in [0.2, 0.25) is 0 Å². The molecule has 1 heterocycles. The zero-order chi connectivity index (χ0) is 19.9. The van der Waals surface area contributed by atoms with Gasteiger partial charge >= 0.3 is 5.97 Å². The molecular weight excluding hydrogens is 350 g/mol. The van der Waals surface area contributed by atoms with Crippen molar-refractivity contribution in [1.82, 2.24) is 15.0 Å². The van der Waals surface area contributed by atoms with Gasteiger partial charge in [0.1, 0.15) is 11.0 Å². The summed E-state index contributed by atoms with van der Waals surface area (Å²) < 4.78 is 5.13. The van der Waals surface area contributed by atoms with Gasteiger partial charge in [-0.2, -0.15) is 4.80 Å². The molecular formula is C23H27N3O2. The first-order valence-corrected chi connectivity index (χ1v) is 9.79. The van der Waals surface area contributed by atoms with Gasteiger partial charge in [0.05, 0.1) is 12.3 Å². The normalized spacial score (nSPS) is 10.9. The Balaban J connectivity index is 1.56. The molecule has 0 saturated heterocycles. The van der Waals surface area contributed by atoms with E-state index < -0.39 is 0 Å². The zero-order valence-corrected chi connectivity index (χ0v) is 16.6. The van der Waals surface area contributed by atoms with E-state index in [4.69, 9.17) is 4.74 Å². The van der Waals surface area contributed by atoms with Crippen LogP contribution < -0.4 is 0 Å². The van der Waals surface area contributed by atoms with Crippen molar-refractivity contribution in [3.05, 3.63) is 65.7 Å². The summed E-state index contributed by atoms with van der Waals surface area (Å²) in [6.45, 7) is 7.80. The number of nitrogens with zero attached hydrogens (tertiary/aromatic N) is 3. The quantitative estimate of drug-likeness (QED) is 0.301. The zero-order valence-electron chi connectivity index (χ0n) is 16.6. The molecule has 5 heteroatoms. The standard InChI is InChI=1S/C23H27N3O2/c1-17(2)23(27)28-15-9-5-4-6-10-19-14-13-18(3)16-22(19)26-24-20-11-7-8-12-21(20)25-26/h7-8,11-14,16H,1,4-6,9-10,15H2,2-3H3. The predicted octanol–water partition coefficient (Wildman–Crippen LogP) is 4.95. The number of hydrogen-bond donors (Lipinski definition) is 0. The number of carbonyl (C=O) groups is 1. The van der Waals surface area contributed by atoms with Crippen LogP contribution in [0.5, 0.6) is 0 Å². The summed E-state index contributed by atoms with van der Waals surface area (Å²) in [5.41, 5.74) is 5.75. The molecule has 0 aliphatic carbocycles. The summed E-state index contributed by atoms with van der Waals surface area (Å²) in [7, 11) is 0. The minimum atomic E-state index is -0.302. The Labute approximate surface area is 166 Å². The number of fused-ring (bicyclic) bond motifs is 1. The first-order valence-electron chi connectivity index (χ1n) is 9.79. The van der Waals surface area contributed by atoms with Gasteiger partial charge in [-0.25, -0.2) is 4.79 Å². The second kappa shape index (κ2) is 9.31. The molecule has 3 rings (SSSR count). The first-order chi connectivity index (χ1) is 13.5. The van der Waals surface area contributed by atoms with Crippen LogP contribution in [-0.4, -0.2) is 27.6 Å². The topological polar surface area (TPSA) is 57.0 Å². The number of aryl methyl sites for hydroxylation is 2. The molecule has 0 bridgehead atoms. The third-order valence-electron chi connectivity index (χ3n) is 4.66. The van der Waals surface area contributed by atoms with Gasteiger partial charge in [-0.15, -0.1) is 10.2 Å². The van der Waals surface area contributed by atoms with Crippen molar-refractivity contribution in [1.29, 1.82) is 0 Å². The van der Waals surface area contributed by atoms with Crippen molar-refractivity contribution in [3.63, 3.8) is 0 Å². The summed E-state index contributed by atoms with van der Waals surface area (Å²) >= 11 is 0. The van der Waals surface area contributed by atoms with Gasteiger partial charge in [0.2, 0.25) is 0 Å². The number of unbranched alkanes of at least 4 members (excludes halogenated alkanes) is 3. The lowest BCUT2D eigenvalue weighted by Gasteiger charge is -2.10. The number of carbonyl (C=O) groups excluding carboxylic acids is 1. The average Bonchev–Trinajstić information content (AvgIpc) is 3.12. The molecule has 146 valence electrons. The van der Waals surface area contributed by atoms with Crippen LogP contribution in [-0.2, 0) is 16.0 Å². The Morgan fingerprint density at radius 3 is 2.39 bits per heavy atom. The van der Waals surface area contributed by atoms with Crippen molar-refractivity contribution in [2.45, 2.75) is 46.0 Å². The van der Waals surface area contributed by atoms with E-state index in [-0.39, 0.29) is 5.97 Å². The number of hydrogen-bond acceptors (Lipinski definition) is 4. The third kappa shape index (κ3) is 5.06. The minimum absolute atomic E-state index is 0.302.